The maximum atomic E-state index is 12.9. The Morgan fingerprint density at radius 3 is 2.59 bits per heavy atom. The zero-order valence-corrected chi connectivity index (χ0v) is 17.1. The second kappa shape index (κ2) is 7.87. The Morgan fingerprint density at radius 2 is 1.86 bits per heavy atom. The number of imidazole rings is 1. The summed E-state index contributed by atoms with van der Waals surface area (Å²) in [6.45, 7) is 6.80. The van der Waals surface area contributed by atoms with E-state index in [1.807, 2.05) is 75.4 Å². The van der Waals surface area contributed by atoms with Crippen LogP contribution in [0.1, 0.15) is 44.6 Å². The molecule has 29 heavy (non-hydrogen) atoms. The fraction of sp³-hybridized carbons (Fsp3) is 0.391. The standard InChI is InChI=1S/C23H27N3O3/c1-23(2,3)29-17-13-20(21-24-18-11-7-8-12-19(18)25-21)26(14-17)22(27)28-15-16-9-5-4-6-10-16/h4-12,17,20H,13-15H2,1-3H3,(H,24,25)/t17-,20+/m1/s1. The number of carbonyl (C=O) groups is 1. The van der Waals surface area contributed by atoms with Crippen molar-refractivity contribution < 1.29 is 14.3 Å². The van der Waals surface area contributed by atoms with Crippen LogP contribution in [0.15, 0.2) is 54.6 Å². The minimum Gasteiger partial charge on any atom is -0.445 e. The summed E-state index contributed by atoms with van der Waals surface area (Å²) < 4.78 is 11.8. The predicted molar refractivity (Wildman–Crippen MR) is 111 cm³/mol. The fourth-order valence-corrected chi connectivity index (χ4v) is 3.78. The Morgan fingerprint density at radius 1 is 1.14 bits per heavy atom. The second-order valence-electron chi connectivity index (χ2n) is 8.44. The van der Waals surface area contributed by atoms with Gasteiger partial charge < -0.3 is 14.5 Å². The second-order valence-corrected chi connectivity index (χ2v) is 8.44. The van der Waals surface area contributed by atoms with Crippen molar-refractivity contribution in [1.29, 1.82) is 0 Å². The topological polar surface area (TPSA) is 67.5 Å². The van der Waals surface area contributed by atoms with Crippen LogP contribution in [0, 0.1) is 0 Å². The molecule has 1 aliphatic heterocycles. The lowest BCUT2D eigenvalue weighted by Crippen LogP contribution is -2.34. The molecule has 0 radical (unpaired) electrons. The van der Waals surface area contributed by atoms with E-state index in [1.54, 1.807) is 4.90 Å². The molecule has 152 valence electrons. The number of nitrogens with one attached hydrogen (secondary N) is 1. The molecule has 6 nitrogen and oxygen atoms in total. The van der Waals surface area contributed by atoms with Gasteiger partial charge in [-0.1, -0.05) is 42.5 Å². The number of rotatable bonds is 4. The van der Waals surface area contributed by atoms with Crippen LogP contribution in [-0.2, 0) is 16.1 Å². The van der Waals surface area contributed by atoms with Crippen LogP contribution in [0.5, 0.6) is 0 Å². The largest absolute Gasteiger partial charge is 0.445 e. The first kappa shape index (κ1) is 19.5. The van der Waals surface area contributed by atoms with E-state index in [2.05, 4.69) is 4.98 Å². The summed E-state index contributed by atoms with van der Waals surface area (Å²) >= 11 is 0. The van der Waals surface area contributed by atoms with Crippen LogP contribution in [0.2, 0.25) is 0 Å². The number of hydrogen-bond donors (Lipinski definition) is 1. The Hall–Kier alpha value is -2.86. The average molecular weight is 393 g/mol. The van der Waals surface area contributed by atoms with Gasteiger partial charge in [-0.05, 0) is 38.5 Å². The van der Waals surface area contributed by atoms with Gasteiger partial charge in [0.25, 0.3) is 0 Å². The quantitative estimate of drug-likeness (QED) is 0.689. The van der Waals surface area contributed by atoms with E-state index in [-0.39, 0.29) is 30.4 Å². The third-order valence-corrected chi connectivity index (χ3v) is 4.95. The number of benzene rings is 2. The highest BCUT2D eigenvalue weighted by Crippen LogP contribution is 2.35. The van der Waals surface area contributed by atoms with Crippen LogP contribution in [0.3, 0.4) is 0 Å². The molecule has 2 atom stereocenters. The molecular formula is C23H27N3O3. The summed E-state index contributed by atoms with van der Waals surface area (Å²) in [5.74, 6) is 0.767. The van der Waals surface area contributed by atoms with E-state index in [0.29, 0.717) is 13.0 Å². The molecule has 2 heterocycles. The van der Waals surface area contributed by atoms with Crippen molar-refractivity contribution in [2.24, 2.45) is 0 Å². The van der Waals surface area contributed by atoms with Gasteiger partial charge in [-0.25, -0.2) is 9.78 Å². The molecule has 1 amide bonds. The van der Waals surface area contributed by atoms with Crippen LogP contribution < -0.4 is 0 Å². The first-order valence-corrected chi connectivity index (χ1v) is 9.99. The van der Waals surface area contributed by atoms with Crippen molar-refractivity contribution in [1.82, 2.24) is 14.9 Å². The van der Waals surface area contributed by atoms with Gasteiger partial charge in [0.15, 0.2) is 0 Å². The summed E-state index contributed by atoms with van der Waals surface area (Å²) in [5.41, 5.74) is 2.52. The summed E-state index contributed by atoms with van der Waals surface area (Å²) in [6, 6.07) is 17.4. The average Bonchev–Trinajstić information content (AvgIpc) is 3.29. The van der Waals surface area contributed by atoms with E-state index >= 15 is 0 Å². The molecule has 0 bridgehead atoms. The molecule has 3 aromatic rings. The lowest BCUT2D eigenvalue weighted by Gasteiger charge is -2.25. The lowest BCUT2D eigenvalue weighted by atomic mass is 10.1. The number of likely N-dealkylation sites (tertiary alicyclic amines) is 1. The molecule has 1 aliphatic rings. The van der Waals surface area contributed by atoms with Crippen molar-refractivity contribution in [3.63, 3.8) is 0 Å². The summed E-state index contributed by atoms with van der Waals surface area (Å²) in [6.07, 6.45) is 0.258. The van der Waals surface area contributed by atoms with Gasteiger partial charge in [0.05, 0.1) is 35.3 Å². The minimum absolute atomic E-state index is 0.0718. The maximum absolute atomic E-state index is 12.9. The highest BCUT2D eigenvalue weighted by molar-refractivity contribution is 5.75. The molecule has 6 heteroatoms. The minimum atomic E-state index is -0.348. The van der Waals surface area contributed by atoms with Crippen molar-refractivity contribution >= 4 is 17.1 Å². The smallest absolute Gasteiger partial charge is 0.410 e. The summed E-state index contributed by atoms with van der Waals surface area (Å²) in [7, 11) is 0. The summed E-state index contributed by atoms with van der Waals surface area (Å²) in [4.78, 5) is 22.7. The van der Waals surface area contributed by atoms with Crippen molar-refractivity contribution in [3.8, 4) is 0 Å². The van der Waals surface area contributed by atoms with Gasteiger partial charge in [0.2, 0.25) is 0 Å². The number of amides is 1. The van der Waals surface area contributed by atoms with E-state index < -0.39 is 0 Å². The van der Waals surface area contributed by atoms with Gasteiger partial charge in [0.1, 0.15) is 12.4 Å². The monoisotopic (exact) mass is 393 g/mol. The molecule has 2 aromatic carbocycles. The van der Waals surface area contributed by atoms with Gasteiger partial charge in [-0.2, -0.15) is 0 Å². The fourth-order valence-electron chi connectivity index (χ4n) is 3.78. The predicted octanol–water partition coefficient (Wildman–Crippen LogP) is 4.83. The van der Waals surface area contributed by atoms with Crippen LogP contribution in [0.25, 0.3) is 11.0 Å². The van der Waals surface area contributed by atoms with Crippen molar-refractivity contribution in [2.75, 3.05) is 6.54 Å². The number of aromatic nitrogens is 2. The maximum Gasteiger partial charge on any atom is 0.410 e. The molecule has 0 saturated carbocycles. The van der Waals surface area contributed by atoms with E-state index in [0.717, 1.165) is 22.4 Å². The Labute approximate surface area is 170 Å². The highest BCUT2D eigenvalue weighted by Gasteiger charge is 2.40. The molecule has 1 N–H and O–H groups in total. The summed E-state index contributed by atoms with van der Waals surface area (Å²) in [5, 5.41) is 0. The molecule has 4 rings (SSSR count). The molecule has 1 saturated heterocycles. The highest BCUT2D eigenvalue weighted by atomic mass is 16.6. The Kier molecular flexibility index (Phi) is 5.28. The van der Waals surface area contributed by atoms with Crippen LogP contribution in [-0.4, -0.2) is 39.2 Å². The molecule has 1 fully saturated rings. The van der Waals surface area contributed by atoms with Gasteiger partial charge >= 0.3 is 6.09 Å². The van der Waals surface area contributed by atoms with Gasteiger partial charge in [-0.3, -0.25) is 4.90 Å². The van der Waals surface area contributed by atoms with Gasteiger partial charge in [0, 0.05) is 6.42 Å². The Balaban J connectivity index is 1.54. The van der Waals surface area contributed by atoms with Crippen molar-refractivity contribution in [2.45, 2.75) is 51.5 Å². The third kappa shape index (κ3) is 4.59. The third-order valence-electron chi connectivity index (χ3n) is 4.95. The number of H-pyrrole nitrogens is 1. The number of fused-ring (bicyclic) bond motifs is 1. The number of aromatic amines is 1. The number of nitrogens with zero attached hydrogens (tertiary/aromatic N) is 2. The molecule has 1 aromatic heterocycles. The van der Waals surface area contributed by atoms with Crippen LogP contribution in [0.4, 0.5) is 4.79 Å². The zero-order chi connectivity index (χ0) is 20.4. The molecule has 0 spiro atoms. The first-order valence-electron chi connectivity index (χ1n) is 9.99. The normalized spacial score (nSPS) is 19.6. The molecule has 0 unspecified atom stereocenters. The number of hydrogen-bond acceptors (Lipinski definition) is 4. The van der Waals surface area contributed by atoms with E-state index in [9.17, 15) is 4.79 Å². The zero-order valence-electron chi connectivity index (χ0n) is 17.1. The Bertz CT molecular complexity index is 945. The number of para-hydroxylation sites is 2. The molecule has 0 aliphatic carbocycles. The lowest BCUT2D eigenvalue weighted by molar-refractivity contribution is -0.0539. The molecular weight excluding hydrogens is 366 g/mol. The first-order chi connectivity index (χ1) is 13.9. The van der Waals surface area contributed by atoms with Crippen LogP contribution >= 0.6 is 0 Å². The van der Waals surface area contributed by atoms with Crippen molar-refractivity contribution in [3.05, 3.63) is 66.0 Å². The SMILES string of the molecule is CC(C)(C)O[C@@H]1C[C@@H](c2nc3ccccc3[nH]2)N(C(=O)OCc2ccccc2)C1. The van der Waals surface area contributed by atoms with E-state index in [1.165, 1.54) is 0 Å². The number of ether oxygens (including phenoxy) is 2. The van der Waals surface area contributed by atoms with Gasteiger partial charge in [-0.15, -0.1) is 0 Å². The number of carbonyl (C=O) groups excluding carboxylic acids is 1. The van der Waals surface area contributed by atoms with E-state index in [4.69, 9.17) is 14.5 Å².